The number of nitrogens with zero attached hydrogens (tertiary/aromatic N) is 5. The van der Waals surface area contributed by atoms with Gasteiger partial charge in [-0.25, -0.2) is 9.97 Å². The maximum Gasteiger partial charge on any atom is 0.226 e. The minimum Gasteiger partial charge on any atom is -0.342 e. The van der Waals surface area contributed by atoms with Crippen molar-refractivity contribution in [1.29, 1.82) is 0 Å². The second kappa shape index (κ2) is 6.59. The Morgan fingerprint density at radius 2 is 2.17 bits per heavy atom. The third-order valence-corrected chi connectivity index (χ3v) is 7.26. The van der Waals surface area contributed by atoms with Gasteiger partial charge in [0, 0.05) is 35.7 Å². The van der Waals surface area contributed by atoms with E-state index in [1.807, 2.05) is 17.3 Å². The summed E-state index contributed by atoms with van der Waals surface area (Å²) in [5.41, 5.74) is 4.27. The number of pyridine rings is 1. The maximum absolute atomic E-state index is 12.7. The zero-order chi connectivity index (χ0) is 19.4. The number of hydrogen-bond acceptors (Lipinski definition) is 7. The summed E-state index contributed by atoms with van der Waals surface area (Å²) in [4.78, 5) is 34.8. The second-order valence-corrected chi connectivity index (χ2v) is 8.96. The monoisotopic (exact) mass is 404 g/mol. The van der Waals surface area contributed by atoms with Gasteiger partial charge in [0.2, 0.25) is 5.91 Å². The predicted molar refractivity (Wildman–Crippen MR) is 113 cm³/mol. The molecule has 0 unspecified atom stereocenters. The lowest BCUT2D eigenvalue weighted by Crippen LogP contribution is -2.46. The largest absolute Gasteiger partial charge is 0.342 e. The smallest absolute Gasteiger partial charge is 0.226 e. The van der Waals surface area contributed by atoms with Gasteiger partial charge in [0.1, 0.15) is 17.0 Å². The quantitative estimate of drug-likeness (QED) is 0.725. The number of hydrogen-bond donors (Lipinski definition) is 1. The number of aliphatic imine (C=N–C) groups is 1. The minimum absolute atomic E-state index is 0.112. The van der Waals surface area contributed by atoms with E-state index < -0.39 is 0 Å². The first kappa shape index (κ1) is 17.0. The van der Waals surface area contributed by atoms with Crippen molar-refractivity contribution in [2.75, 3.05) is 18.4 Å². The van der Waals surface area contributed by atoms with Crippen molar-refractivity contribution < 1.29 is 4.79 Å². The van der Waals surface area contributed by atoms with E-state index in [1.165, 1.54) is 10.4 Å². The van der Waals surface area contributed by atoms with Crippen molar-refractivity contribution in [2.24, 2.45) is 10.9 Å². The van der Waals surface area contributed by atoms with Crippen molar-refractivity contribution in [3.8, 4) is 0 Å². The Morgan fingerprint density at radius 1 is 1.24 bits per heavy atom. The average molecular weight is 404 g/mol. The maximum atomic E-state index is 12.7. The summed E-state index contributed by atoms with van der Waals surface area (Å²) in [6.45, 7) is 2.50. The fraction of sp³-hybridized carbons (Fsp3) is 0.381. The lowest BCUT2D eigenvalue weighted by Gasteiger charge is -2.35. The zero-order valence-electron chi connectivity index (χ0n) is 15.9. The average Bonchev–Trinajstić information content (AvgIpc) is 3.30. The number of nitrogens with one attached hydrogen (secondary N) is 1. The number of rotatable bonds is 3. The Morgan fingerprint density at radius 3 is 3.03 bits per heavy atom. The van der Waals surface area contributed by atoms with Gasteiger partial charge in [-0.1, -0.05) is 0 Å². The van der Waals surface area contributed by atoms with E-state index in [0.29, 0.717) is 12.5 Å². The van der Waals surface area contributed by atoms with Gasteiger partial charge in [0.05, 0.1) is 29.5 Å². The van der Waals surface area contributed by atoms with Crippen molar-refractivity contribution in [2.45, 2.75) is 32.2 Å². The number of likely N-dealkylation sites (tertiary alicyclic amines) is 1. The molecule has 146 valence electrons. The molecule has 8 heteroatoms. The molecule has 0 saturated carbocycles. The van der Waals surface area contributed by atoms with E-state index in [0.717, 1.165) is 71.8 Å². The molecule has 1 saturated heterocycles. The number of anilines is 2. The van der Waals surface area contributed by atoms with Gasteiger partial charge in [-0.2, -0.15) is 0 Å². The molecule has 29 heavy (non-hydrogen) atoms. The van der Waals surface area contributed by atoms with E-state index in [4.69, 9.17) is 0 Å². The SMILES string of the molecule is O=C([C@H]1CCc2c(sc3ncnc(Nc4cnc5c(c4)C=NC5)c23)C1)N1CCC1. The van der Waals surface area contributed by atoms with E-state index in [9.17, 15) is 4.79 Å². The molecule has 1 amide bonds. The molecule has 1 aliphatic carbocycles. The number of amides is 1. The molecule has 5 heterocycles. The molecule has 0 aromatic carbocycles. The van der Waals surface area contributed by atoms with Gasteiger partial charge in [-0.05, 0) is 37.3 Å². The fourth-order valence-electron chi connectivity index (χ4n) is 4.40. The number of carbonyl (C=O) groups is 1. The van der Waals surface area contributed by atoms with Crippen LogP contribution in [0.2, 0.25) is 0 Å². The van der Waals surface area contributed by atoms with Crippen LogP contribution in [0, 0.1) is 5.92 Å². The molecule has 3 aromatic heterocycles. The third-order valence-electron chi connectivity index (χ3n) is 6.10. The zero-order valence-corrected chi connectivity index (χ0v) is 16.7. The number of thiophene rings is 1. The highest BCUT2D eigenvalue weighted by Crippen LogP contribution is 2.41. The summed E-state index contributed by atoms with van der Waals surface area (Å²) in [6, 6.07) is 2.06. The standard InChI is InChI=1S/C21H20N6OS/c28-21(27-4-1-5-27)12-2-3-15-17(7-12)29-20-18(15)19(24-11-25-20)26-14-6-13-8-22-10-16(13)23-9-14/h6,8-9,11-12H,1-5,7,10H2,(H,24,25,26)/t12-/m0/s1. The van der Waals surface area contributed by atoms with Crippen LogP contribution in [0.15, 0.2) is 23.6 Å². The highest BCUT2D eigenvalue weighted by Gasteiger charge is 2.33. The van der Waals surface area contributed by atoms with Crippen LogP contribution >= 0.6 is 11.3 Å². The normalized spacial score (nSPS) is 19.7. The summed E-state index contributed by atoms with van der Waals surface area (Å²) in [7, 11) is 0. The molecule has 1 N–H and O–H groups in total. The summed E-state index contributed by atoms with van der Waals surface area (Å²) in [6.07, 6.45) is 9.07. The van der Waals surface area contributed by atoms with Gasteiger partial charge >= 0.3 is 0 Å². The summed E-state index contributed by atoms with van der Waals surface area (Å²) < 4.78 is 0. The molecule has 3 aliphatic rings. The molecule has 7 nitrogen and oxygen atoms in total. The van der Waals surface area contributed by atoms with Gasteiger partial charge in [-0.3, -0.25) is 14.8 Å². The molecular weight excluding hydrogens is 384 g/mol. The number of aryl methyl sites for hydroxylation is 1. The van der Waals surface area contributed by atoms with Crippen LogP contribution in [0.1, 0.15) is 34.5 Å². The molecule has 0 spiro atoms. The molecular formula is C21H20N6OS. The predicted octanol–water partition coefficient (Wildman–Crippen LogP) is 3.10. The van der Waals surface area contributed by atoms with Crippen LogP contribution in [-0.2, 0) is 24.2 Å². The first-order valence-electron chi connectivity index (χ1n) is 10.1. The van der Waals surface area contributed by atoms with E-state index >= 15 is 0 Å². The Kier molecular flexibility index (Phi) is 3.87. The van der Waals surface area contributed by atoms with Crippen LogP contribution in [-0.4, -0.2) is 45.1 Å². The lowest BCUT2D eigenvalue weighted by molar-refractivity contribution is -0.139. The van der Waals surface area contributed by atoms with Gasteiger partial charge in [-0.15, -0.1) is 11.3 Å². The molecule has 0 bridgehead atoms. The van der Waals surface area contributed by atoms with Crippen LogP contribution in [0.3, 0.4) is 0 Å². The molecule has 1 fully saturated rings. The molecule has 6 rings (SSSR count). The van der Waals surface area contributed by atoms with Gasteiger partial charge in [0.15, 0.2) is 0 Å². The fourth-order valence-corrected chi connectivity index (χ4v) is 5.67. The van der Waals surface area contributed by atoms with Crippen LogP contribution in [0.25, 0.3) is 10.2 Å². The summed E-state index contributed by atoms with van der Waals surface area (Å²) in [5, 5.41) is 4.53. The van der Waals surface area contributed by atoms with Crippen molar-refractivity contribution in [3.63, 3.8) is 0 Å². The molecule has 3 aromatic rings. The minimum atomic E-state index is 0.112. The van der Waals surface area contributed by atoms with E-state index in [1.54, 1.807) is 17.7 Å². The molecule has 1 atom stereocenters. The number of aromatic nitrogens is 3. The van der Waals surface area contributed by atoms with Crippen LogP contribution in [0.4, 0.5) is 11.5 Å². The van der Waals surface area contributed by atoms with E-state index in [-0.39, 0.29) is 5.92 Å². The van der Waals surface area contributed by atoms with Gasteiger partial charge in [0.25, 0.3) is 0 Å². The van der Waals surface area contributed by atoms with Gasteiger partial charge < -0.3 is 10.2 Å². The highest BCUT2D eigenvalue weighted by atomic mass is 32.1. The molecule has 0 radical (unpaired) electrons. The topological polar surface area (TPSA) is 83.4 Å². The first-order valence-corrected chi connectivity index (χ1v) is 10.9. The van der Waals surface area contributed by atoms with Crippen molar-refractivity contribution in [3.05, 3.63) is 40.3 Å². The number of carbonyl (C=O) groups excluding carboxylic acids is 1. The third kappa shape index (κ3) is 2.81. The Labute approximate surface area is 171 Å². The highest BCUT2D eigenvalue weighted by molar-refractivity contribution is 7.19. The van der Waals surface area contributed by atoms with E-state index in [2.05, 4.69) is 31.3 Å². The van der Waals surface area contributed by atoms with Crippen LogP contribution in [0.5, 0.6) is 0 Å². The lowest BCUT2D eigenvalue weighted by atomic mass is 9.86. The molecule has 2 aliphatic heterocycles. The summed E-state index contributed by atoms with van der Waals surface area (Å²) in [5.74, 6) is 1.26. The van der Waals surface area contributed by atoms with Crippen molar-refractivity contribution in [1.82, 2.24) is 19.9 Å². The number of fused-ring (bicyclic) bond motifs is 4. The van der Waals surface area contributed by atoms with Crippen LogP contribution < -0.4 is 5.32 Å². The first-order chi connectivity index (χ1) is 14.3. The summed E-state index contributed by atoms with van der Waals surface area (Å²) >= 11 is 1.70. The Hall–Kier alpha value is -2.87. The Balaban J connectivity index is 1.33. The second-order valence-electron chi connectivity index (χ2n) is 7.88. The van der Waals surface area contributed by atoms with Crippen molar-refractivity contribution >= 4 is 45.2 Å². The Bertz CT molecular complexity index is 1170.